The minimum Gasteiger partial charge on any atom is -0.349 e. The second kappa shape index (κ2) is 8.70. The molecule has 1 saturated heterocycles. The first-order valence-corrected chi connectivity index (χ1v) is 12.0. The second-order valence-corrected chi connectivity index (χ2v) is 9.85. The highest BCUT2D eigenvalue weighted by Crippen LogP contribution is 2.35. The number of halogens is 1. The molecule has 5 rings (SSSR count). The largest absolute Gasteiger partial charge is 0.349 e. The van der Waals surface area contributed by atoms with Gasteiger partial charge in [-0.05, 0) is 71.4 Å². The summed E-state index contributed by atoms with van der Waals surface area (Å²) in [6, 6.07) is 15.7. The number of nitrogens with one attached hydrogen (secondary N) is 1. The molecule has 0 bridgehead atoms. The number of carbonyl (C=O) groups is 3. The first kappa shape index (κ1) is 21.2. The Labute approximate surface area is 196 Å². The highest BCUT2D eigenvalue weighted by molar-refractivity contribution is 9.10. The van der Waals surface area contributed by atoms with Crippen LogP contribution in [0, 0.1) is 5.92 Å². The molecule has 1 atom stereocenters. The zero-order valence-electron chi connectivity index (χ0n) is 17.8. The molecule has 0 aromatic heterocycles. The highest BCUT2D eigenvalue weighted by Gasteiger charge is 2.41. The van der Waals surface area contributed by atoms with Crippen molar-refractivity contribution < 1.29 is 14.4 Å². The molecule has 1 N–H and O–H groups in total. The molecule has 1 heterocycles. The molecule has 1 unspecified atom stereocenters. The topological polar surface area (TPSA) is 69.7 Å². The van der Waals surface area contributed by atoms with Crippen molar-refractivity contribution in [2.24, 2.45) is 5.92 Å². The normalized spacial score (nSPS) is 20.3. The van der Waals surface area contributed by atoms with Crippen molar-refractivity contribution in [2.45, 2.75) is 50.7 Å². The summed E-state index contributed by atoms with van der Waals surface area (Å²) in [6.07, 6.45) is 4.36. The number of carbonyl (C=O) groups excluding carboxylic acids is 3. The molecule has 3 aliphatic rings. The highest BCUT2D eigenvalue weighted by atomic mass is 79.9. The van der Waals surface area contributed by atoms with Gasteiger partial charge in [0.15, 0.2) is 0 Å². The molecule has 0 radical (unpaired) electrons. The Hall–Kier alpha value is -2.67. The Bertz CT molecular complexity index is 1050. The van der Waals surface area contributed by atoms with E-state index in [0.29, 0.717) is 24.7 Å². The van der Waals surface area contributed by atoms with Crippen molar-refractivity contribution in [1.29, 1.82) is 0 Å². The van der Waals surface area contributed by atoms with Crippen molar-refractivity contribution >= 4 is 39.3 Å². The van der Waals surface area contributed by atoms with E-state index in [0.717, 1.165) is 41.4 Å². The van der Waals surface area contributed by atoms with E-state index in [1.165, 1.54) is 0 Å². The smallest absolute Gasteiger partial charge is 0.251 e. The number of hydrogen-bond donors (Lipinski definition) is 1. The van der Waals surface area contributed by atoms with E-state index in [1.807, 2.05) is 53.4 Å². The predicted molar refractivity (Wildman–Crippen MR) is 125 cm³/mol. The van der Waals surface area contributed by atoms with E-state index in [1.54, 1.807) is 4.90 Å². The van der Waals surface area contributed by atoms with Crippen molar-refractivity contribution in [2.75, 3.05) is 11.4 Å². The third-order valence-corrected chi connectivity index (χ3v) is 7.04. The van der Waals surface area contributed by atoms with Gasteiger partial charge in [0, 0.05) is 41.6 Å². The molecule has 166 valence electrons. The molecule has 2 aromatic rings. The lowest BCUT2D eigenvalue weighted by Gasteiger charge is -2.26. The van der Waals surface area contributed by atoms with Crippen LogP contribution < -0.4 is 10.2 Å². The fourth-order valence-corrected chi connectivity index (χ4v) is 4.74. The monoisotopic (exact) mass is 495 g/mol. The number of nitrogens with zero attached hydrogens (tertiary/aromatic N) is 2. The van der Waals surface area contributed by atoms with Crippen LogP contribution in [0.3, 0.4) is 0 Å². The molecule has 2 aromatic carbocycles. The van der Waals surface area contributed by atoms with Crippen LogP contribution in [-0.2, 0) is 16.1 Å². The summed E-state index contributed by atoms with van der Waals surface area (Å²) in [6.45, 7) is 0.914. The lowest BCUT2D eigenvalue weighted by molar-refractivity contribution is -0.137. The van der Waals surface area contributed by atoms with Crippen LogP contribution in [0.25, 0.3) is 0 Å². The molecule has 6 nitrogen and oxygen atoms in total. The summed E-state index contributed by atoms with van der Waals surface area (Å²) < 4.78 is 0.853. The van der Waals surface area contributed by atoms with Gasteiger partial charge >= 0.3 is 0 Å². The van der Waals surface area contributed by atoms with Gasteiger partial charge in [-0.1, -0.05) is 24.3 Å². The lowest BCUT2D eigenvalue weighted by atomic mass is 10.1. The molecule has 2 saturated carbocycles. The van der Waals surface area contributed by atoms with Crippen LogP contribution in [0.1, 0.15) is 48.0 Å². The average Bonchev–Trinajstić information content (AvgIpc) is 3.72. The molecule has 3 fully saturated rings. The Kier molecular flexibility index (Phi) is 5.76. The van der Waals surface area contributed by atoms with Crippen LogP contribution in [0.5, 0.6) is 0 Å². The Morgan fingerprint density at radius 2 is 1.75 bits per heavy atom. The Morgan fingerprint density at radius 1 is 1.03 bits per heavy atom. The molecule has 2 aliphatic carbocycles. The van der Waals surface area contributed by atoms with E-state index in [9.17, 15) is 14.4 Å². The van der Waals surface area contributed by atoms with E-state index < -0.39 is 0 Å². The predicted octanol–water partition coefficient (Wildman–Crippen LogP) is 3.89. The van der Waals surface area contributed by atoms with Gasteiger partial charge < -0.3 is 15.1 Å². The van der Waals surface area contributed by atoms with Crippen molar-refractivity contribution in [3.05, 3.63) is 64.1 Å². The molecular weight excluding hydrogens is 470 g/mol. The Balaban J connectivity index is 1.26. The van der Waals surface area contributed by atoms with Crippen LogP contribution >= 0.6 is 15.9 Å². The zero-order chi connectivity index (χ0) is 22.2. The number of benzene rings is 2. The maximum absolute atomic E-state index is 13.4. The zero-order valence-corrected chi connectivity index (χ0v) is 19.4. The second-order valence-electron chi connectivity index (χ2n) is 9.00. The van der Waals surface area contributed by atoms with Gasteiger partial charge in [-0.2, -0.15) is 0 Å². The number of hydrogen-bond acceptors (Lipinski definition) is 3. The van der Waals surface area contributed by atoms with Gasteiger partial charge in [0.1, 0.15) is 0 Å². The fraction of sp³-hybridized carbons (Fsp3) is 0.400. The summed E-state index contributed by atoms with van der Waals surface area (Å²) in [5, 5.41) is 3.00. The van der Waals surface area contributed by atoms with Gasteiger partial charge in [-0.25, -0.2) is 0 Å². The SMILES string of the molecule is O=C(NC1CC1)c1ccc(CN(C(=O)C2CC(=O)N(c3ccccc3Br)C2)C2CC2)cc1. The molecular formula is C25H26BrN3O3. The van der Waals surface area contributed by atoms with E-state index in [2.05, 4.69) is 21.2 Å². The summed E-state index contributed by atoms with van der Waals surface area (Å²) in [5.41, 5.74) is 2.46. The third-order valence-electron chi connectivity index (χ3n) is 6.37. The number of para-hydroxylation sites is 1. The van der Waals surface area contributed by atoms with E-state index in [4.69, 9.17) is 0 Å². The van der Waals surface area contributed by atoms with Gasteiger partial charge in [0.05, 0.1) is 11.6 Å². The maximum atomic E-state index is 13.4. The number of rotatable bonds is 7. The summed E-state index contributed by atoms with van der Waals surface area (Å²) >= 11 is 3.51. The molecule has 32 heavy (non-hydrogen) atoms. The minimum absolute atomic E-state index is 0.0166. The van der Waals surface area contributed by atoms with Gasteiger partial charge in [-0.15, -0.1) is 0 Å². The van der Waals surface area contributed by atoms with E-state index >= 15 is 0 Å². The first-order valence-electron chi connectivity index (χ1n) is 11.2. The van der Waals surface area contributed by atoms with Gasteiger partial charge in [0.2, 0.25) is 11.8 Å². The third kappa shape index (κ3) is 4.58. The quantitative estimate of drug-likeness (QED) is 0.633. The van der Waals surface area contributed by atoms with Crippen molar-refractivity contribution in [3.8, 4) is 0 Å². The van der Waals surface area contributed by atoms with Gasteiger partial charge in [0.25, 0.3) is 5.91 Å². The lowest BCUT2D eigenvalue weighted by Crippen LogP contribution is -2.38. The molecule has 7 heteroatoms. The summed E-state index contributed by atoms with van der Waals surface area (Å²) in [5.74, 6) is -0.340. The standard InChI is InChI=1S/C25H26BrN3O3/c26-21-3-1-2-4-22(21)29-15-18(13-23(29)30)25(32)28(20-11-12-20)14-16-5-7-17(8-6-16)24(31)27-19-9-10-19/h1-8,18-20H,9-15H2,(H,27,31). The fourth-order valence-electron chi connectivity index (χ4n) is 4.24. The van der Waals surface area contributed by atoms with Crippen LogP contribution in [0.15, 0.2) is 53.0 Å². The van der Waals surface area contributed by atoms with Crippen LogP contribution in [0.2, 0.25) is 0 Å². The molecule has 0 spiro atoms. The summed E-state index contributed by atoms with van der Waals surface area (Å²) in [7, 11) is 0. The number of amides is 3. The van der Waals surface area contributed by atoms with Crippen LogP contribution in [-0.4, -0.2) is 41.2 Å². The average molecular weight is 496 g/mol. The van der Waals surface area contributed by atoms with E-state index in [-0.39, 0.29) is 36.1 Å². The first-order chi connectivity index (χ1) is 15.5. The Morgan fingerprint density at radius 3 is 2.41 bits per heavy atom. The number of anilines is 1. The van der Waals surface area contributed by atoms with Crippen molar-refractivity contribution in [3.63, 3.8) is 0 Å². The minimum atomic E-state index is -0.334. The van der Waals surface area contributed by atoms with Crippen LogP contribution in [0.4, 0.5) is 5.69 Å². The molecule has 3 amide bonds. The summed E-state index contributed by atoms with van der Waals surface area (Å²) in [4.78, 5) is 42.0. The van der Waals surface area contributed by atoms with Crippen molar-refractivity contribution in [1.82, 2.24) is 10.2 Å². The molecule has 1 aliphatic heterocycles. The van der Waals surface area contributed by atoms with Gasteiger partial charge in [-0.3, -0.25) is 14.4 Å². The maximum Gasteiger partial charge on any atom is 0.251 e.